The number of rotatable bonds is 4. The molecule has 0 aliphatic carbocycles. The number of nitro groups is 1. The van der Waals surface area contributed by atoms with Crippen LogP contribution < -0.4 is 4.90 Å². The molecule has 0 spiro atoms. The standard InChI is InChI=1S/C19H27F3N2O3Si/c1-18(2,3)28(4,5)27-17-11-13-7-9-16(17)23(13)12-6-8-15(24(25)26)14(10-12)19(20,21)22/h6,8,10,13,16-17H,7,9,11H2,1-5H3. The molecular formula is C19H27F3N2O3Si. The number of fused-ring (bicyclic) bond motifs is 2. The molecule has 2 aliphatic heterocycles. The van der Waals surface area contributed by atoms with Crippen LogP contribution in [0.2, 0.25) is 18.1 Å². The number of hydrogen-bond donors (Lipinski definition) is 0. The van der Waals surface area contributed by atoms with Crippen LogP contribution in [0.4, 0.5) is 24.5 Å². The van der Waals surface area contributed by atoms with E-state index in [0.717, 1.165) is 31.4 Å². The second kappa shape index (κ2) is 6.72. The first kappa shape index (κ1) is 21.1. The third kappa shape index (κ3) is 3.66. The second-order valence-corrected chi connectivity index (χ2v) is 14.1. The number of anilines is 1. The second-order valence-electron chi connectivity index (χ2n) is 9.31. The third-order valence-electron chi connectivity index (χ3n) is 6.51. The molecule has 0 aromatic heterocycles. The molecule has 3 rings (SSSR count). The van der Waals surface area contributed by atoms with Crippen molar-refractivity contribution in [2.24, 2.45) is 0 Å². The van der Waals surface area contributed by atoms with Crippen molar-refractivity contribution in [3.8, 4) is 0 Å². The summed E-state index contributed by atoms with van der Waals surface area (Å²) in [5.74, 6) is 0. The number of halogens is 3. The monoisotopic (exact) mass is 416 g/mol. The van der Waals surface area contributed by atoms with Gasteiger partial charge < -0.3 is 9.33 Å². The Morgan fingerprint density at radius 3 is 2.39 bits per heavy atom. The Balaban J connectivity index is 1.90. The lowest BCUT2D eigenvalue weighted by atomic mass is 9.98. The maximum Gasteiger partial charge on any atom is 0.423 e. The lowest BCUT2D eigenvalue weighted by molar-refractivity contribution is -0.388. The molecule has 5 nitrogen and oxygen atoms in total. The Bertz CT molecular complexity index is 777. The quantitative estimate of drug-likeness (QED) is 0.356. The first-order chi connectivity index (χ1) is 12.7. The van der Waals surface area contributed by atoms with E-state index in [9.17, 15) is 23.3 Å². The highest BCUT2D eigenvalue weighted by molar-refractivity contribution is 6.74. The average molecular weight is 417 g/mol. The molecule has 0 N–H and O–H groups in total. The van der Waals surface area contributed by atoms with E-state index >= 15 is 0 Å². The van der Waals surface area contributed by atoms with E-state index in [1.165, 1.54) is 6.07 Å². The minimum absolute atomic E-state index is 0.0100. The van der Waals surface area contributed by atoms with E-state index in [-0.39, 0.29) is 23.2 Å². The smallest absolute Gasteiger partial charge is 0.412 e. The summed E-state index contributed by atoms with van der Waals surface area (Å²) in [6.45, 7) is 10.8. The van der Waals surface area contributed by atoms with Crippen molar-refractivity contribution in [3.05, 3.63) is 33.9 Å². The van der Waals surface area contributed by atoms with Crippen molar-refractivity contribution in [2.75, 3.05) is 4.90 Å². The van der Waals surface area contributed by atoms with Crippen LogP contribution in [-0.2, 0) is 10.6 Å². The highest BCUT2D eigenvalue weighted by Gasteiger charge is 2.51. The van der Waals surface area contributed by atoms with Crippen molar-refractivity contribution in [2.45, 2.75) is 82.5 Å². The van der Waals surface area contributed by atoms with Crippen LogP contribution in [0.25, 0.3) is 0 Å². The Labute approximate surface area is 164 Å². The SMILES string of the molecule is CC(C)(C)[Si](C)(C)OC1CC2CCC1N2c1ccc([N+](=O)[O-])c(C(F)(F)F)c1. The Morgan fingerprint density at radius 1 is 1.21 bits per heavy atom. The van der Waals surface area contributed by atoms with Gasteiger partial charge in [0.2, 0.25) is 0 Å². The zero-order chi connectivity index (χ0) is 21.1. The number of benzene rings is 1. The molecule has 2 aliphatic rings. The van der Waals surface area contributed by atoms with Crippen LogP contribution in [0, 0.1) is 10.1 Å². The molecule has 3 unspecified atom stereocenters. The molecule has 9 heteroatoms. The third-order valence-corrected chi connectivity index (χ3v) is 11.0. The van der Waals surface area contributed by atoms with Crippen molar-refractivity contribution in [1.29, 1.82) is 0 Å². The van der Waals surface area contributed by atoms with E-state index in [1.54, 1.807) is 0 Å². The van der Waals surface area contributed by atoms with Crippen LogP contribution in [0.3, 0.4) is 0 Å². The van der Waals surface area contributed by atoms with Gasteiger partial charge in [-0.2, -0.15) is 13.2 Å². The molecule has 2 heterocycles. The predicted octanol–water partition coefficient (Wildman–Crippen LogP) is 5.75. The van der Waals surface area contributed by atoms with Crippen molar-refractivity contribution >= 4 is 19.7 Å². The minimum atomic E-state index is -4.77. The van der Waals surface area contributed by atoms with Crippen LogP contribution >= 0.6 is 0 Å². The molecule has 0 saturated carbocycles. The summed E-state index contributed by atoms with van der Waals surface area (Å²) >= 11 is 0. The lowest BCUT2D eigenvalue weighted by Crippen LogP contribution is -2.47. The van der Waals surface area contributed by atoms with Gasteiger partial charge in [-0.3, -0.25) is 10.1 Å². The summed E-state index contributed by atoms with van der Waals surface area (Å²) < 4.78 is 46.7. The highest BCUT2D eigenvalue weighted by Crippen LogP contribution is 2.47. The van der Waals surface area contributed by atoms with Crippen molar-refractivity contribution in [1.82, 2.24) is 0 Å². The van der Waals surface area contributed by atoms with Crippen LogP contribution in [0.15, 0.2) is 18.2 Å². The fourth-order valence-electron chi connectivity index (χ4n) is 4.09. The molecule has 0 amide bonds. The normalized spacial score (nSPS) is 25.4. The number of hydrogen-bond acceptors (Lipinski definition) is 4. The lowest BCUT2D eigenvalue weighted by Gasteiger charge is -2.40. The number of nitrogens with zero attached hydrogens (tertiary/aromatic N) is 2. The average Bonchev–Trinajstić information content (AvgIpc) is 3.09. The largest absolute Gasteiger partial charge is 0.423 e. The fourth-order valence-corrected chi connectivity index (χ4v) is 5.45. The van der Waals surface area contributed by atoms with Crippen LogP contribution in [0.1, 0.15) is 45.6 Å². The Kier molecular flexibility index (Phi) is 5.07. The van der Waals surface area contributed by atoms with Gasteiger partial charge in [-0.25, -0.2) is 0 Å². The summed E-state index contributed by atoms with van der Waals surface area (Å²) in [6.07, 6.45) is -2.23. The van der Waals surface area contributed by atoms with Gasteiger partial charge in [-0.1, -0.05) is 20.8 Å². The van der Waals surface area contributed by atoms with Gasteiger partial charge in [-0.05, 0) is 49.5 Å². The van der Waals surface area contributed by atoms with Crippen LogP contribution in [-0.4, -0.2) is 31.4 Å². The molecule has 2 fully saturated rings. The van der Waals surface area contributed by atoms with E-state index in [4.69, 9.17) is 4.43 Å². The molecule has 156 valence electrons. The van der Waals surface area contributed by atoms with Gasteiger partial charge in [0.05, 0.1) is 17.1 Å². The summed E-state index contributed by atoms with van der Waals surface area (Å²) in [5.41, 5.74) is -1.70. The minimum Gasteiger partial charge on any atom is -0.412 e. The topological polar surface area (TPSA) is 55.6 Å². The summed E-state index contributed by atoms with van der Waals surface area (Å²) in [7, 11) is -2.00. The molecule has 2 bridgehead atoms. The van der Waals surface area contributed by atoms with Crippen molar-refractivity contribution < 1.29 is 22.5 Å². The molecular weight excluding hydrogens is 389 g/mol. The molecule has 1 aromatic rings. The first-order valence-corrected chi connectivity index (χ1v) is 12.4. The zero-order valence-corrected chi connectivity index (χ0v) is 17.8. The number of nitro benzene ring substituents is 1. The maximum absolute atomic E-state index is 13.4. The molecule has 28 heavy (non-hydrogen) atoms. The fraction of sp³-hybridized carbons (Fsp3) is 0.684. The zero-order valence-electron chi connectivity index (χ0n) is 16.8. The molecule has 3 atom stereocenters. The van der Waals surface area contributed by atoms with E-state index in [1.807, 2.05) is 4.90 Å². The number of alkyl halides is 3. The van der Waals surface area contributed by atoms with Crippen molar-refractivity contribution in [3.63, 3.8) is 0 Å². The van der Waals surface area contributed by atoms with Gasteiger partial charge in [0.25, 0.3) is 5.69 Å². The van der Waals surface area contributed by atoms with Gasteiger partial charge in [0.1, 0.15) is 5.56 Å². The van der Waals surface area contributed by atoms with E-state index in [2.05, 4.69) is 33.9 Å². The van der Waals surface area contributed by atoms with E-state index in [0.29, 0.717) is 5.69 Å². The van der Waals surface area contributed by atoms with Gasteiger partial charge in [0.15, 0.2) is 8.32 Å². The molecule has 1 aromatic carbocycles. The molecule has 0 radical (unpaired) electrons. The van der Waals surface area contributed by atoms with Gasteiger partial charge in [0, 0.05) is 17.8 Å². The van der Waals surface area contributed by atoms with Gasteiger partial charge >= 0.3 is 6.18 Å². The van der Waals surface area contributed by atoms with Gasteiger partial charge in [-0.15, -0.1) is 0 Å². The Hall–Kier alpha value is -1.61. The predicted molar refractivity (Wildman–Crippen MR) is 104 cm³/mol. The van der Waals surface area contributed by atoms with E-state index < -0.39 is 30.7 Å². The first-order valence-electron chi connectivity index (χ1n) is 9.54. The molecule has 2 saturated heterocycles. The summed E-state index contributed by atoms with van der Waals surface area (Å²) in [4.78, 5) is 12.0. The summed E-state index contributed by atoms with van der Waals surface area (Å²) in [5, 5.41) is 11.1. The Morgan fingerprint density at radius 2 is 1.86 bits per heavy atom. The van der Waals surface area contributed by atoms with Crippen LogP contribution in [0.5, 0.6) is 0 Å². The summed E-state index contributed by atoms with van der Waals surface area (Å²) in [6, 6.07) is 3.47. The maximum atomic E-state index is 13.4. The highest BCUT2D eigenvalue weighted by atomic mass is 28.4.